The van der Waals surface area contributed by atoms with Crippen molar-refractivity contribution in [2.75, 3.05) is 29.8 Å². The van der Waals surface area contributed by atoms with Crippen LogP contribution >= 0.6 is 38.6 Å². The lowest BCUT2D eigenvalue weighted by Crippen LogP contribution is -2.13. The highest BCUT2D eigenvalue weighted by molar-refractivity contribution is 9.10. The van der Waals surface area contributed by atoms with Crippen LogP contribution in [0.5, 0.6) is 0 Å². The number of nitrogens with zero attached hydrogens (tertiary/aromatic N) is 5. The first-order chi connectivity index (χ1) is 70.8. The maximum atomic E-state index is 6.75. The van der Waals surface area contributed by atoms with E-state index in [4.69, 9.17) is 8.83 Å². The molecule has 22 aromatic carbocycles. The first-order valence-electron chi connectivity index (χ1n) is 48.0. The van der Waals surface area contributed by atoms with E-state index in [2.05, 4.69) is 555 Å². The maximum absolute atomic E-state index is 6.75. The second-order valence-corrected chi connectivity index (χ2v) is 38.4. The third kappa shape index (κ3) is 18.1. The quantitative estimate of drug-likeness (QED) is 0.0764. The third-order valence-corrected chi connectivity index (χ3v) is 29.0. The van der Waals surface area contributed by atoms with E-state index < -0.39 is 0 Å². The monoisotopic (exact) mass is 1930 g/mol. The Morgan fingerprint density at radius 3 is 0.874 bits per heavy atom. The Morgan fingerprint density at radius 1 is 0.175 bits per heavy atom. The molecule has 4 heterocycles. The van der Waals surface area contributed by atoms with Crippen LogP contribution in [0.3, 0.4) is 0 Å². The summed E-state index contributed by atoms with van der Waals surface area (Å²) in [6.45, 7) is 0. The van der Waals surface area contributed by atoms with Gasteiger partial charge in [0.2, 0.25) is 0 Å². The molecule has 0 spiro atoms. The van der Waals surface area contributed by atoms with Crippen molar-refractivity contribution in [3.05, 3.63) is 550 Å². The standard InChI is InChI=1S/C66H45N3OS.C48H32N2OS.C18H14BrN/c1-5-21-50(22-6-1)67(51-23-7-2-8-24-51)54-29-15-19-46(41-54)48-38-40-64-61(43-48)59-39-37-49(44-65(59)71-64)47-20-16-30-55(42-47)69(62-35-18-34-60-58-33-13-14-36-63(58)70-66(60)62)57-32-17-31-56(45-57)68(52-25-9-3-10-26-52)53-27-11-4-12-28-53;1-3-15-37(16-4-1)50(38-17-5-2-6-18-38)39-19-10-13-33(29-39)34-25-27-46-43(30-34)41-26-24-35(31-47(41)52-46)32-12-9-14-36(28-32)49-44-22-11-21-42-40-20-7-8-23-45(40)51-48(42)44;19-15-8-7-13-18(14-15)20(16-9-3-1-4-10-16)17-11-5-2-6-12-17/h1-45H;1-31,49H;1-14H. The molecule has 143 heavy (non-hydrogen) atoms. The summed E-state index contributed by atoms with van der Waals surface area (Å²) in [5.74, 6) is 0. The molecule has 680 valence electrons. The number of rotatable bonds is 21. The summed E-state index contributed by atoms with van der Waals surface area (Å²) in [6, 6.07) is 194. The number of para-hydroxylation sites is 12. The minimum Gasteiger partial charge on any atom is -0.454 e. The summed E-state index contributed by atoms with van der Waals surface area (Å²) >= 11 is 7.25. The Labute approximate surface area is 846 Å². The number of furan rings is 2. The fraction of sp³-hybridized carbons (Fsp3) is 0. The first kappa shape index (κ1) is 87.9. The third-order valence-electron chi connectivity index (χ3n) is 26.3. The summed E-state index contributed by atoms with van der Waals surface area (Å²) in [5, 5.41) is 13.1. The van der Waals surface area contributed by atoms with Crippen LogP contribution in [0.15, 0.2) is 559 Å². The van der Waals surface area contributed by atoms with Crippen molar-refractivity contribution in [2.24, 2.45) is 0 Å². The minimum atomic E-state index is 0.843. The molecule has 8 nitrogen and oxygen atoms in total. The highest BCUT2D eigenvalue weighted by atomic mass is 79.9. The van der Waals surface area contributed by atoms with E-state index >= 15 is 0 Å². The number of fused-ring (bicyclic) bond motifs is 12. The van der Waals surface area contributed by atoms with Crippen LogP contribution in [0.1, 0.15) is 0 Å². The average molecular weight is 1940 g/mol. The second-order valence-electron chi connectivity index (χ2n) is 35.3. The van der Waals surface area contributed by atoms with Crippen molar-refractivity contribution in [3.8, 4) is 44.5 Å². The summed E-state index contributed by atoms with van der Waals surface area (Å²) in [7, 11) is 0. The Kier molecular flexibility index (Phi) is 24.3. The zero-order valence-electron chi connectivity index (χ0n) is 77.7. The number of anilines is 17. The van der Waals surface area contributed by atoms with E-state index in [9.17, 15) is 0 Å². The van der Waals surface area contributed by atoms with Crippen molar-refractivity contribution in [3.63, 3.8) is 0 Å². The van der Waals surface area contributed by atoms with Gasteiger partial charge in [0.1, 0.15) is 11.2 Å². The lowest BCUT2D eigenvalue weighted by Gasteiger charge is -2.29. The van der Waals surface area contributed by atoms with Crippen LogP contribution in [-0.2, 0) is 0 Å². The Morgan fingerprint density at radius 2 is 0.462 bits per heavy atom. The van der Waals surface area contributed by atoms with E-state index in [1.165, 1.54) is 73.7 Å². The smallest absolute Gasteiger partial charge is 0.159 e. The maximum Gasteiger partial charge on any atom is 0.159 e. The summed E-state index contributed by atoms with van der Waals surface area (Å²) in [6.07, 6.45) is 0. The molecule has 0 amide bonds. The van der Waals surface area contributed by atoms with Gasteiger partial charge in [-0.1, -0.05) is 319 Å². The summed E-state index contributed by atoms with van der Waals surface area (Å²) in [4.78, 5) is 11.5. The van der Waals surface area contributed by atoms with Crippen molar-refractivity contribution in [1.29, 1.82) is 0 Å². The normalized spacial score (nSPS) is 11.3. The van der Waals surface area contributed by atoms with E-state index in [0.717, 1.165) is 156 Å². The molecule has 11 heteroatoms. The predicted octanol–water partition coefficient (Wildman–Crippen LogP) is 40.1. The molecule has 0 unspecified atom stereocenters. The molecule has 0 radical (unpaired) electrons. The van der Waals surface area contributed by atoms with E-state index in [1.54, 1.807) is 0 Å². The highest BCUT2D eigenvalue weighted by Crippen LogP contribution is 2.50. The molecule has 0 fully saturated rings. The van der Waals surface area contributed by atoms with E-state index in [0.29, 0.717) is 0 Å². The Balaban J connectivity index is 0.000000133. The molecular formula is C132H91BrN6O2S2. The summed E-state index contributed by atoms with van der Waals surface area (Å²) < 4.78 is 19.2. The van der Waals surface area contributed by atoms with Gasteiger partial charge in [0.05, 0.1) is 11.4 Å². The van der Waals surface area contributed by atoms with Gasteiger partial charge in [-0.25, -0.2) is 0 Å². The Hall–Kier alpha value is -17.8. The van der Waals surface area contributed by atoms with Crippen LogP contribution in [0.2, 0.25) is 0 Å². The number of thiophene rings is 2. The number of nitrogens with one attached hydrogen (secondary N) is 1. The average Bonchev–Trinajstić information content (AvgIpc) is 1.68. The van der Waals surface area contributed by atoms with Crippen LogP contribution in [0.4, 0.5) is 96.7 Å². The van der Waals surface area contributed by atoms with Crippen LogP contribution < -0.4 is 29.8 Å². The number of hydrogen-bond acceptors (Lipinski definition) is 10. The van der Waals surface area contributed by atoms with Crippen LogP contribution in [-0.4, -0.2) is 0 Å². The largest absolute Gasteiger partial charge is 0.454 e. The van der Waals surface area contributed by atoms with Gasteiger partial charge in [0, 0.05) is 152 Å². The molecule has 4 aromatic heterocycles. The highest BCUT2D eigenvalue weighted by Gasteiger charge is 2.25. The van der Waals surface area contributed by atoms with Crippen molar-refractivity contribution < 1.29 is 8.83 Å². The van der Waals surface area contributed by atoms with Crippen molar-refractivity contribution in [2.45, 2.75) is 0 Å². The van der Waals surface area contributed by atoms with Gasteiger partial charge in [-0.3, -0.25) is 0 Å². The number of hydrogen-bond donors (Lipinski definition) is 1. The van der Waals surface area contributed by atoms with Gasteiger partial charge in [-0.2, -0.15) is 0 Å². The predicted molar refractivity (Wildman–Crippen MR) is 612 cm³/mol. The van der Waals surface area contributed by atoms with E-state index in [1.807, 2.05) is 59.1 Å². The van der Waals surface area contributed by atoms with Gasteiger partial charge in [0.15, 0.2) is 11.2 Å². The topological polar surface area (TPSA) is 54.5 Å². The van der Waals surface area contributed by atoms with Crippen LogP contribution in [0.25, 0.3) is 129 Å². The van der Waals surface area contributed by atoms with E-state index in [-0.39, 0.29) is 0 Å². The number of halogens is 1. The molecule has 0 aliphatic carbocycles. The minimum absolute atomic E-state index is 0.843. The lowest BCUT2D eigenvalue weighted by molar-refractivity contribution is 0.669. The molecule has 0 saturated carbocycles. The van der Waals surface area contributed by atoms with Gasteiger partial charge in [-0.15, -0.1) is 22.7 Å². The molecule has 26 rings (SSSR count). The molecular weight excluding hydrogens is 1850 g/mol. The second kappa shape index (κ2) is 39.6. The first-order valence-corrected chi connectivity index (χ1v) is 50.4. The molecule has 0 saturated heterocycles. The summed E-state index contributed by atoms with van der Waals surface area (Å²) in [5.41, 5.74) is 31.3. The molecule has 1 N–H and O–H groups in total. The molecule has 26 aromatic rings. The zero-order chi connectivity index (χ0) is 95.3. The van der Waals surface area contributed by atoms with Gasteiger partial charge in [0.25, 0.3) is 0 Å². The molecule has 0 aliphatic rings. The van der Waals surface area contributed by atoms with Gasteiger partial charge in [-0.05, 0) is 287 Å². The Bertz CT molecular complexity index is 8900. The fourth-order valence-corrected chi connectivity index (χ4v) is 22.3. The van der Waals surface area contributed by atoms with Crippen molar-refractivity contribution >= 4 is 220 Å². The van der Waals surface area contributed by atoms with Gasteiger partial charge < -0.3 is 38.7 Å². The molecule has 0 atom stereocenters. The zero-order valence-corrected chi connectivity index (χ0v) is 80.9. The van der Waals surface area contributed by atoms with Crippen LogP contribution in [0, 0.1) is 0 Å². The lowest BCUT2D eigenvalue weighted by atomic mass is 10.00. The SMILES string of the molecule is Brc1cccc(N(c2ccccc2)c2ccccc2)c1.c1ccc(N(c2ccccc2)c2cccc(-c3ccc4sc5cc(-c6cccc(N(c7cccc(N(c8ccccc8)c8ccccc8)c7)c7cccc8c7oc7ccccc78)c6)ccc5c4c3)c2)cc1.c1ccc(N(c2ccccc2)c2cccc(-c3ccc4sc5cc(-c6cccc(Nc7cccc8c7oc7ccccc78)c6)ccc5c4c3)c2)cc1. The number of benzene rings is 22. The fourth-order valence-electron chi connectivity index (χ4n) is 19.7. The van der Waals surface area contributed by atoms with Gasteiger partial charge >= 0.3 is 0 Å². The molecule has 0 bridgehead atoms. The van der Waals surface area contributed by atoms with Crippen molar-refractivity contribution in [1.82, 2.24) is 0 Å². The molecule has 0 aliphatic heterocycles.